The summed E-state index contributed by atoms with van der Waals surface area (Å²) in [6, 6.07) is 6.98. The van der Waals surface area contributed by atoms with Gasteiger partial charge in [0.05, 0.1) is 6.54 Å². The van der Waals surface area contributed by atoms with E-state index in [1.54, 1.807) is 29.2 Å². The van der Waals surface area contributed by atoms with Gasteiger partial charge in [0.25, 0.3) is 11.5 Å². The summed E-state index contributed by atoms with van der Waals surface area (Å²) in [5.41, 5.74) is 2.27. The van der Waals surface area contributed by atoms with Crippen molar-refractivity contribution in [3.63, 3.8) is 0 Å². The van der Waals surface area contributed by atoms with Crippen molar-refractivity contribution in [2.75, 3.05) is 13.2 Å². The van der Waals surface area contributed by atoms with Gasteiger partial charge in [0.2, 0.25) is 0 Å². The molecule has 0 fully saturated rings. The number of hydrogen-bond donors (Lipinski definition) is 1. The van der Waals surface area contributed by atoms with Crippen molar-refractivity contribution in [2.24, 2.45) is 0 Å². The number of aryl methyl sites for hydroxylation is 2. The Morgan fingerprint density at radius 3 is 2.87 bits per heavy atom. The van der Waals surface area contributed by atoms with Gasteiger partial charge < -0.3 is 14.6 Å². The van der Waals surface area contributed by atoms with Crippen LogP contribution in [-0.4, -0.2) is 28.9 Å². The van der Waals surface area contributed by atoms with Crippen molar-refractivity contribution in [3.8, 4) is 5.75 Å². The topological polar surface area (TPSA) is 62.4 Å². The van der Waals surface area contributed by atoms with E-state index in [9.17, 15) is 9.59 Å². The summed E-state index contributed by atoms with van der Waals surface area (Å²) in [7, 11) is 0. The second kappa shape index (κ2) is 6.08. The number of ether oxygens (including phenoxy) is 1. The smallest absolute Gasteiger partial charge is 0.261 e. The minimum Gasteiger partial charge on any atom is -0.491 e. The van der Waals surface area contributed by atoms with E-state index >= 15 is 0 Å². The molecule has 0 atom stereocenters. The standard InChI is InChI=1S/C17H17ClN2O3/c1-10-7-14(16(21)19-11(10)2)17(22)20-5-6-23-15-4-3-13(18)8-12(15)9-20/h3-4,7-8H,5-6,9H2,1-2H3,(H,19,21). The van der Waals surface area contributed by atoms with E-state index in [2.05, 4.69) is 4.98 Å². The Morgan fingerprint density at radius 2 is 2.09 bits per heavy atom. The second-order valence-electron chi connectivity index (χ2n) is 5.65. The zero-order chi connectivity index (χ0) is 16.6. The van der Waals surface area contributed by atoms with Gasteiger partial charge >= 0.3 is 0 Å². The molecule has 1 aromatic heterocycles. The Balaban J connectivity index is 1.94. The fraction of sp³-hybridized carbons (Fsp3) is 0.294. The van der Waals surface area contributed by atoms with E-state index in [0.717, 1.165) is 22.6 Å². The Kier molecular flexibility index (Phi) is 4.13. The molecule has 0 unspecified atom stereocenters. The summed E-state index contributed by atoms with van der Waals surface area (Å²) in [6.45, 7) is 4.83. The van der Waals surface area contributed by atoms with Crippen molar-refractivity contribution in [1.82, 2.24) is 9.88 Å². The quantitative estimate of drug-likeness (QED) is 0.873. The van der Waals surface area contributed by atoms with Crippen molar-refractivity contribution in [1.29, 1.82) is 0 Å². The molecule has 0 radical (unpaired) electrons. The SMILES string of the molecule is Cc1cc(C(=O)N2CCOc3ccc(Cl)cc3C2)c(=O)[nH]c1C. The van der Waals surface area contributed by atoms with Crippen molar-refractivity contribution >= 4 is 17.5 Å². The predicted octanol–water partition coefficient (Wildman–Crippen LogP) is 2.68. The highest BCUT2D eigenvalue weighted by molar-refractivity contribution is 6.30. The number of halogens is 1. The molecule has 0 bridgehead atoms. The zero-order valence-electron chi connectivity index (χ0n) is 13.0. The number of carbonyl (C=O) groups excluding carboxylic acids is 1. The fourth-order valence-electron chi connectivity index (χ4n) is 2.59. The Labute approximate surface area is 138 Å². The first-order chi connectivity index (χ1) is 11.0. The predicted molar refractivity (Wildman–Crippen MR) is 88.2 cm³/mol. The lowest BCUT2D eigenvalue weighted by Crippen LogP contribution is -2.36. The summed E-state index contributed by atoms with van der Waals surface area (Å²) in [4.78, 5) is 29.2. The number of carbonyl (C=O) groups is 1. The number of aromatic nitrogens is 1. The highest BCUT2D eigenvalue weighted by Gasteiger charge is 2.23. The molecule has 1 N–H and O–H groups in total. The first-order valence-electron chi connectivity index (χ1n) is 7.37. The van der Waals surface area contributed by atoms with Crippen LogP contribution < -0.4 is 10.3 Å². The van der Waals surface area contributed by atoms with Gasteiger partial charge in [-0.2, -0.15) is 0 Å². The number of nitrogens with one attached hydrogen (secondary N) is 1. The van der Waals surface area contributed by atoms with Gasteiger partial charge in [-0.05, 0) is 43.7 Å². The van der Waals surface area contributed by atoms with E-state index in [4.69, 9.17) is 16.3 Å². The number of pyridine rings is 1. The largest absolute Gasteiger partial charge is 0.491 e. The molecule has 1 aliphatic rings. The number of H-pyrrole nitrogens is 1. The third-order valence-corrected chi connectivity index (χ3v) is 4.25. The number of benzene rings is 1. The third-order valence-electron chi connectivity index (χ3n) is 4.02. The molecule has 0 aliphatic carbocycles. The lowest BCUT2D eigenvalue weighted by Gasteiger charge is -2.20. The van der Waals surface area contributed by atoms with Crippen LogP contribution in [0.4, 0.5) is 0 Å². The number of aromatic amines is 1. The molecule has 1 aromatic carbocycles. The molecule has 1 aliphatic heterocycles. The molecule has 5 nitrogen and oxygen atoms in total. The van der Waals surface area contributed by atoms with Gasteiger partial charge in [-0.3, -0.25) is 9.59 Å². The van der Waals surface area contributed by atoms with Gasteiger partial charge in [-0.15, -0.1) is 0 Å². The molecule has 0 saturated carbocycles. The molecule has 2 aromatic rings. The van der Waals surface area contributed by atoms with E-state index in [-0.39, 0.29) is 17.0 Å². The van der Waals surface area contributed by atoms with Gasteiger partial charge in [0.15, 0.2) is 0 Å². The van der Waals surface area contributed by atoms with Gasteiger partial charge in [0, 0.05) is 22.8 Å². The Hall–Kier alpha value is -2.27. The van der Waals surface area contributed by atoms with Crippen LogP contribution in [0.5, 0.6) is 5.75 Å². The lowest BCUT2D eigenvalue weighted by atomic mass is 10.1. The van der Waals surface area contributed by atoms with Crippen LogP contribution in [-0.2, 0) is 6.54 Å². The average Bonchev–Trinajstić information content (AvgIpc) is 2.72. The molecular formula is C17H17ClN2O3. The maximum absolute atomic E-state index is 12.7. The van der Waals surface area contributed by atoms with E-state index in [1.165, 1.54) is 0 Å². The van der Waals surface area contributed by atoms with Crippen LogP contribution in [0, 0.1) is 13.8 Å². The molecule has 0 saturated heterocycles. The first kappa shape index (κ1) is 15.6. The van der Waals surface area contributed by atoms with E-state index in [0.29, 0.717) is 24.7 Å². The maximum Gasteiger partial charge on any atom is 0.261 e. The number of rotatable bonds is 1. The molecule has 0 spiro atoms. The molecule has 23 heavy (non-hydrogen) atoms. The monoisotopic (exact) mass is 332 g/mol. The zero-order valence-corrected chi connectivity index (χ0v) is 13.7. The maximum atomic E-state index is 12.7. The van der Waals surface area contributed by atoms with Crippen molar-refractivity contribution in [2.45, 2.75) is 20.4 Å². The van der Waals surface area contributed by atoms with E-state index < -0.39 is 0 Å². The van der Waals surface area contributed by atoms with Gasteiger partial charge in [-0.1, -0.05) is 11.6 Å². The van der Waals surface area contributed by atoms with Gasteiger partial charge in [0.1, 0.15) is 17.9 Å². The Morgan fingerprint density at radius 1 is 1.30 bits per heavy atom. The number of fused-ring (bicyclic) bond motifs is 1. The summed E-state index contributed by atoms with van der Waals surface area (Å²) >= 11 is 6.02. The highest BCUT2D eigenvalue weighted by Crippen LogP contribution is 2.26. The highest BCUT2D eigenvalue weighted by atomic mass is 35.5. The van der Waals surface area contributed by atoms with Crippen LogP contribution in [0.3, 0.4) is 0 Å². The van der Waals surface area contributed by atoms with Crippen molar-refractivity contribution < 1.29 is 9.53 Å². The lowest BCUT2D eigenvalue weighted by molar-refractivity contribution is 0.0731. The number of amides is 1. The van der Waals surface area contributed by atoms with Crippen molar-refractivity contribution in [3.05, 3.63) is 62.0 Å². The number of nitrogens with zero attached hydrogens (tertiary/aromatic N) is 1. The summed E-state index contributed by atoms with van der Waals surface area (Å²) < 4.78 is 5.65. The minimum atomic E-state index is -0.366. The average molecular weight is 333 g/mol. The van der Waals surface area contributed by atoms with Gasteiger partial charge in [-0.25, -0.2) is 0 Å². The summed E-state index contributed by atoms with van der Waals surface area (Å²) in [5.74, 6) is 0.421. The van der Waals surface area contributed by atoms with Crippen LogP contribution in [0.25, 0.3) is 0 Å². The van der Waals surface area contributed by atoms with E-state index in [1.807, 2.05) is 13.8 Å². The molecular weight excluding hydrogens is 316 g/mol. The Bertz CT molecular complexity index is 829. The van der Waals surface area contributed by atoms with Crippen LogP contribution >= 0.6 is 11.6 Å². The molecule has 1 amide bonds. The molecule has 120 valence electrons. The third kappa shape index (κ3) is 3.10. The number of hydrogen-bond acceptors (Lipinski definition) is 3. The fourth-order valence-corrected chi connectivity index (χ4v) is 2.79. The van der Waals surface area contributed by atoms with Crippen LogP contribution in [0.15, 0.2) is 29.1 Å². The molecule has 6 heteroatoms. The summed E-state index contributed by atoms with van der Waals surface area (Å²) in [6.07, 6.45) is 0. The minimum absolute atomic E-state index is 0.151. The first-order valence-corrected chi connectivity index (χ1v) is 7.74. The molecule has 3 rings (SSSR count). The second-order valence-corrected chi connectivity index (χ2v) is 6.08. The molecule has 2 heterocycles. The van der Waals surface area contributed by atoms with Crippen LogP contribution in [0.2, 0.25) is 5.02 Å². The summed E-state index contributed by atoms with van der Waals surface area (Å²) in [5, 5.41) is 0.589. The van der Waals surface area contributed by atoms with Crippen LogP contribution in [0.1, 0.15) is 27.2 Å². The normalized spacial score (nSPS) is 14.0.